The summed E-state index contributed by atoms with van der Waals surface area (Å²) in [7, 11) is 0. The molecule has 4 nitrogen and oxygen atoms in total. The van der Waals surface area contributed by atoms with Crippen molar-refractivity contribution in [1.29, 1.82) is 0 Å². The average molecular weight is 272 g/mol. The molecule has 0 aliphatic heterocycles. The Bertz CT molecular complexity index is 448. The van der Waals surface area contributed by atoms with Gasteiger partial charge in [-0.15, -0.1) is 0 Å². The highest BCUT2D eigenvalue weighted by atomic mass is 35.5. The van der Waals surface area contributed by atoms with Gasteiger partial charge in [0.2, 0.25) is 0 Å². The molecule has 17 heavy (non-hydrogen) atoms. The van der Waals surface area contributed by atoms with Gasteiger partial charge in [-0.05, 0) is 44.3 Å². The predicted molar refractivity (Wildman–Crippen MR) is 74.7 cm³/mol. The number of halogens is 1. The first-order valence-corrected chi connectivity index (χ1v) is 5.90. The molecule has 0 aromatic heterocycles. The summed E-state index contributed by atoms with van der Waals surface area (Å²) in [6, 6.07) is 4.79. The lowest BCUT2D eigenvalue weighted by Gasteiger charge is -2.07. The highest BCUT2D eigenvalue weighted by molar-refractivity contribution is 7.80. The number of hydrazone groups is 1. The molecule has 0 saturated carbocycles. The highest BCUT2D eigenvalue weighted by Crippen LogP contribution is 2.21. The van der Waals surface area contributed by atoms with Gasteiger partial charge in [0.25, 0.3) is 0 Å². The van der Waals surface area contributed by atoms with Crippen LogP contribution in [0.5, 0.6) is 5.75 Å². The van der Waals surface area contributed by atoms with Crippen LogP contribution in [-0.2, 0) is 0 Å². The van der Waals surface area contributed by atoms with E-state index in [2.05, 4.69) is 15.8 Å². The van der Waals surface area contributed by atoms with Gasteiger partial charge < -0.3 is 10.4 Å². The first-order valence-electron chi connectivity index (χ1n) is 5.11. The summed E-state index contributed by atoms with van der Waals surface area (Å²) < 4.78 is 0. The third-order valence-electron chi connectivity index (χ3n) is 2.01. The average Bonchev–Trinajstić information content (AvgIpc) is 2.29. The topological polar surface area (TPSA) is 56.7 Å². The smallest absolute Gasteiger partial charge is 0.186 e. The van der Waals surface area contributed by atoms with E-state index in [1.165, 1.54) is 6.07 Å². The van der Waals surface area contributed by atoms with E-state index in [-0.39, 0.29) is 5.75 Å². The summed E-state index contributed by atoms with van der Waals surface area (Å²) in [6.07, 6.45) is 0. The fraction of sp³-hybridized carbons (Fsp3) is 0.273. The van der Waals surface area contributed by atoms with Gasteiger partial charge in [0, 0.05) is 17.1 Å². The van der Waals surface area contributed by atoms with Crippen molar-refractivity contribution in [3.8, 4) is 5.75 Å². The number of rotatable bonds is 3. The molecule has 3 N–H and O–H groups in total. The fourth-order valence-electron chi connectivity index (χ4n) is 1.19. The number of thiocarbonyl (C=S) groups is 1. The molecule has 6 heteroatoms. The molecule has 0 unspecified atom stereocenters. The van der Waals surface area contributed by atoms with Crippen LogP contribution in [-0.4, -0.2) is 22.5 Å². The monoisotopic (exact) mass is 271 g/mol. The maximum atomic E-state index is 9.66. The Morgan fingerprint density at radius 1 is 1.53 bits per heavy atom. The van der Waals surface area contributed by atoms with Crippen LogP contribution in [0.15, 0.2) is 23.3 Å². The van der Waals surface area contributed by atoms with Gasteiger partial charge in [0.1, 0.15) is 5.75 Å². The Morgan fingerprint density at radius 3 is 2.88 bits per heavy atom. The molecule has 1 rings (SSSR count). The second-order valence-corrected chi connectivity index (χ2v) is 4.17. The zero-order chi connectivity index (χ0) is 12.8. The molecule has 92 valence electrons. The summed E-state index contributed by atoms with van der Waals surface area (Å²) in [6.45, 7) is 4.42. The number of aromatic hydroxyl groups is 1. The van der Waals surface area contributed by atoms with Crippen molar-refractivity contribution in [2.45, 2.75) is 13.8 Å². The van der Waals surface area contributed by atoms with Crippen LogP contribution in [0.25, 0.3) is 0 Å². The lowest BCUT2D eigenvalue weighted by molar-refractivity contribution is 0.474. The molecule has 0 radical (unpaired) electrons. The third-order valence-corrected chi connectivity index (χ3v) is 2.48. The summed E-state index contributed by atoms with van der Waals surface area (Å²) in [5.41, 5.74) is 3.86. The minimum Gasteiger partial charge on any atom is -0.507 e. The minimum atomic E-state index is 0.131. The van der Waals surface area contributed by atoms with Gasteiger partial charge in [0.05, 0.1) is 5.71 Å². The molecule has 1 aromatic rings. The van der Waals surface area contributed by atoms with Gasteiger partial charge in [-0.25, -0.2) is 0 Å². The number of phenols is 1. The summed E-state index contributed by atoms with van der Waals surface area (Å²) in [5, 5.41) is 17.6. The normalized spacial score (nSPS) is 11.1. The highest BCUT2D eigenvalue weighted by Gasteiger charge is 2.05. The van der Waals surface area contributed by atoms with Gasteiger partial charge in [-0.3, -0.25) is 5.43 Å². The molecular weight excluding hydrogens is 258 g/mol. The molecule has 0 bridgehead atoms. The predicted octanol–water partition coefficient (Wildman–Crippen LogP) is 2.25. The van der Waals surface area contributed by atoms with Crippen LogP contribution in [0, 0.1) is 0 Å². The lowest BCUT2D eigenvalue weighted by atomic mass is 10.1. The Morgan fingerprint density at radius 2 is 2.24 bits per heavy atom. The fourth-order valence-corrected chi connectivity index (χ4v) is 1.56. The van der Waals surface area contributed by atoms with Crippen molar-refractivity contribution < 1.29 is 5.11 Å². The van der Waals surface area contributed by atoms with E-state index in [0.717, 1.165) is 6.54 Å². The van der Waals surface area contributed by atoms with E-state index < -0.39 is 0 Å². The van der Waals surface area contributed by atoms with Gasteiger partial charge in [-0.1, -0.05) is 11.6 Å². The number of benzene rings is 1. The SMILES string of the molecule is CCNC(=S)N/N=C(\C)c1cc(Cl)ccc1O. The van der Waals surface area contributed by atoms with Crippen molar-refractivity contribution in [2.75, 3.05) is 6.54 Å². The van der Waals surface area contributed by atoms with Crippen LogP contribution < -0.4 is 10.7 Å². The second kappa shape index (κ2) is 6.42. The molecule has 0 atom stereocenters. The third kappa shape index (κ3) is 4.20. The van der Waals surface area contributed by atoms with Crippen molar-refractivity contribution in [2.24, 2.45) is 5.10 Å². The zero-order valence-corrected chi connectivity index (χ0v) is 11.2. The maximum Gasteiger partial charge on any atom is 0.186 e. The number of nitrogens with zero attached hydrogens (tertiary/aromatic N) is 1. The Labute approximate surface area is 111 Å². The standard InChI is InChI=1S/C11H14ClN3OS/c1-3-13-11(17)15-14-7(2)9-6-8(12)4-5-10(9)16/h4-6,16H,3H2,1-2H3,(H2,13,15,17)/b14-7+. The number of phenolic OH excluding ortho intramolecular Hbond substituents is 1. The summed E-state index contributed by atoms with van der Waals surface area (Å²) >= 11 is 10.8. The van der Waals surface area contributed by atoms with E-state index in [9.17, 15) is 5.11 Å². The first-order chi connectivity index (χ1) is 8.04. The number of hydrogen-bond acceptors (Lipinski definition) is 3. The van der Waals surface area contributed by atoms with Gasteiger partial charge in [-0.2, -0.15) is 5.10 Å². The van der Waals surface area contributed by atoms with Crippen molar-refractivity contribution in [3.05, 3.63) is 28.8 Å². The van der Waals surface area contributed by atoms with E-state index in [1.807, 2.05) is 6.92 Å². The van der Waals surface area contributed by atoms with Crippen molar-refractivity contribution in [1.82, 2.24) is 10.7 Å². The van der Waals surface area contributed by atoms with E-state index in [0.29, 0.717) is 21.4 Å². The molecular formula is C11H14ClN3OS. The van der Waals surface area contributed by atoms with E-state index in [4.69, 9.17) is 23.8 Å². The van der Waals surface area contributed by atoms with Crippen molar-refractivity contribution >= 4 is 34.6 Å². The Balaban J connectivity index is 2.81. The van der Waals surface area contributed by atoms with E-state index >= 15 is 0 Å². The van der Waals surface area contributed by atoms with Crippen molar-refractivity contribution in [3.63, 3.8) is 0 Å². The molecule has 1 aromatic carbocycles. The molecule has 0 fully saturated rings. The summed E-state index contributed by atoms with van der Waals surface area (Å²) in [5.74, 6) is 0.131. The van der Waals surface area contributed by atoms with Crippen LogP contribution in [0.2, 0.25) is 5.02 Å². The molecule has 0 spiro atoms. The number of nitrogens with one attached hydrogen (secondary N) is 2. The molecule has 0 heterocycles. The molecule has 0 saturated heterocycles. The Kier molecular flexibility index (Phi) is 5.18. The zero-order valence-electron chi connectivity index (χ0n) is 9.62. The largest absolute Gasteiger partial charge is 0.507 e. The molecule has 0 aliphatic carbocycles. The molecule has 0 aliphatic rings. The minimum absolute atomic E-state index is 0.131. The quantitative estimate of drug-likeness (QED) is 0.448. The lowest BCUT2D eigenvalue weighted by Crippen LogP contribution is -2.32. The van der Waals surface area contributed by atoms with Crippen LogP contribution >= 0.6 is 23.8 Å². The van der Waals surface area contributed by atoms with E-state index in [1.54, 1.807) is 19.1 Å². The molecule has 0 amide bonds. The van der Waals surface area contributed by atoms with Crippen LogP contribution in [0.3, 0.4) is 0 Å². The van der Waals surface area contributed by atoms with Gasteiger partial charge in [0.15, 0.2) is 5.11 Å². The Hall–Kier alpha value is -1.33. The maximum absolute atomic E-state index is 9.66. The number of hydrogen-bond donors (Lipinski definition) is 3. The first kappa shape index (κ1) is 13.7. The van der Waals surface area contributed by atoms with Gasteiger partial charge >= 0.3 is 0 Å². The summed E-state index contributed by atoms with van der Waals surface area (Å²) in [4.78, 5) is 0. The van der Waals surface area contributed by atoms with Crippen LogP contribution in [0.1, 0.15) is 19.4 Å². The van der Waals surface area contributed by atoms with Crippen LogP contribution in [0.4, 0.5) is 0 Å². The second-order valence-electron chi connectivity index (χ2n) is 3.33.